The van der Waals surface area contributed by atoms with Gasteiger partial charge in [0.05, 0.1) is 0 Å². The number of aromatic nitrogens is 1. The lowest BCUT2D eigenvalue weighted by molar-refractivity contribution is 1.12. The minimum Gasteiger partial charge on any atom is -0.262 e. The minimum atomic E-state index is -2.35. The summed E-state index contributed by atoms with van der Waals surface area (Å²) < 4.78 is 0. The highest BCUT2D eigenvalue weighted by molar-refractivity contribution is 7.20. The predicted molar refractivity (Wildman–Crippen MR) is 115 cm³/mol. The summed E-state index contributed by atoms with van der Waals surface area (Å²) in [4.78, 5) is 4.64. The Morgan fingerprint density at radius 2 is 1.26 bits per heavy atom. The molecule has 0 saturated heterocycles. The van der Waals surface area contributed by atoms with E-state index in [1.54, 1.807) is 0 Å². The molecule has 5 rings (SSSR count). The predicted octanol–water partition coefficient (Wildman–Crippen LogP) is 2.67. The first kappa shape index (κ1) is 16.2. The van der Waals surface area contributed by atoms with Gasteiger partial charge < -0.3 is 0 Å². The average molecular weight is 364 g/mol. The van der Waals surface area contributed by atoms with E-state index >= 15 is 0 Å². The van der Waals surface area contributed by atoms with Gasteiger partial charge in [-0.15, -0.1) is 0 Å². The molecule has 0 aliphatic carbocycles. The average Bonchev–Trinajstić information content (AvgIpc) is 2.73. The molecule has 0 atom stereocenters. The SMILES string of the molecule is Cc1cc2c(cn1)Cc1ccccc1[Si-]2(c1ccccc1)c1ccccc1. The van der Waals surface area contributed by atoms with Crippen LogP contribution in [0.1, 0.15) is 16.8 Å². The van der Waals surface area contributed by atoms with Gasteiger partial charge in [0, 0.05) is 11.9 Å². The molecule has 131 valence electrons. The standard InChI is InChI=1S/C25H21NSi/c1-19-16-25-21(18-26-19)17-20-10-8-9-15-24(20)27(25,22-11-4-2-5-12-22)23-13-6-3-7-14-23/h2-16,18H,17H2,1H3/q-1. The molecule has 27 heavy (non-hydrogen) atoms. The molecule has 1 nitrogen and oxygen atoms in total. The van der Waals surface area contributed by atoms with E-state index in [1.807, 2.05) is 0 Å². The summed E-state index contributed by atoms with van der Waals surface area (Å²) in [5.41, 5.74) is 3.91. The van der Waals surface area contributed by atoms with Crippen molar-refractivity contribution in [2.75, 3.05) is 0 Å². The highest BCUT2D eigenvalue weighted by Crippen LogP contribution is 2.20. The van der Waals surface area contributed by atoms with Crippen LogP contribution >= 0.6 is 0 Å². The minimum absolute atomic E-state index is 0.965. The van der Waals surface area contributed by atoms with Crippen molar-refractivity contribution in [2.24, 2.45) is 0 Å². The van der Waals surface area contributed by atoms with Crippen LogP contribution in [-0.2, 0) is 6.42 Å². The first-order chi connectivity index (χ1) is 13.3. The zero-order valence-electron chi connectivity index (χ0n) is 15.4. The van der Waals surface area contributed by atoms with Crippen LogP contribution in [0.2, 0.25) is 0 Å². The molecule has 0 fully saturated rings. The molecular weight excluding hydrogens is 342 g/mol. The zero-order chi connectivity index (χ0) is 18.3. The number of fused-ring (bicyclic) bond motifs is 2. The molecular formula is C25H21NSi-. The highest BCUT2D eigenvalue weighted by atomic mass is 28.3. The summed E-state index contributed by atoms with van der Waals surface area (Å²) >= 11 is 0. The van der Waals surface area contributed by atoms with E-state index in [0.717, 1.165) is 12.1 Å². The maximum absolute atomic E-state index is 4.64. The summed E-state index contributed by atoms with van der Waals surface area (Å²) in [7, 11) is -2.35. The van der Waals surface area contributed by atoms with Gasteiger partial charge in [0.1, 0.15) is 0 Å². The lowest BCUT2D eigenvalue weighted by Gasteiger charge is -2.52. The van der Waals surface area contributed by atoms with E-state index in [2.05, 4.69) is 109 Å². The van der Waals surface area contributed by atoms with Crippen molar-refractivity contribution in [2.45, 2.75) is 13.3 Å². The molecule has 3 aromatic carbocycles. The van der Waals surface area contributed by atoms with E-state index in [0.29, 0.717) is 0 Å². The smallest absolute Gasteiger partial charge is 0.0345 e. The highest BCUT2D eigenvalue weighted by Gasteiger charge is 2.34. The fourth-order valence-corrected chi connectivity index (χ4v) is 9.95. The fourth-order valence-electron chi connectivity index (χ4n) is 4.63. The largest absolute Gasteiger partial charge is 0.262 e. The fraction of sp³-hybridized carbons (Fsp3) is 0.0800. The first-order valence-electron chi connectivity index (χ1n) is 9.45. The molecule has 2 heterocycles. The van der Waals surface area contributed by atoms with Gasteiger partial charge in [-0.3, -0.25) is 4.98 Å². The van der Waals surface area contributed by atoms with Crippen molar-refractivity contribution in [1.29, 1.82) is 0 Å². The Hall–Kier alpha value is -2.97. The van der Waals surface area contributed by atoms with Crippen LogP contribution in [0.25, 0.3) is 0 Å². The molecule has 1 aliphatic heterocycles. The Morgan fingerprint density at radius 1 is 0.667 bits per heavy atom. The second kappa shape index (κ2) is 6.33. The van der Waals surface area contributed by atoms with E-state index in [1.165, 1.54) is 31.9 Å². The molecule has 0 amide bonds. The second-order valence-electron chi connectivity index (χ2n) is 7.30. The molecule has 0 saturated carbocycles. The van der Waals surface area contributed by atoms with Crippen LogP contribution < -0.4 is 20.7 Å². The van der Waals surface area contributed by atoms with Gasteiger partial charge in [-0.05, 0) is 21.4 Å². The lowest BCUT2D eigenvalue weighted by atomic mass is 10.1. The van der Waals surface area contributed by atoms with Crippen molar-refractivity contribution in [3.05, 3.63) is 114 Å². The maximum Gasteiger partial charge on any atom is 0.0345 e. The Morgan fingerprint density at radius 3 is 1.93 bits per heavy atom. The molecule has 0 N–H and O–H groups in total. The van der Waals surface area contributed by atoms with Crippen molar-refractivity contribution < 1.29 is 0 Å². The van der Waals surface area contributed by atoms with Crippen LogP contribution in [0.15, 0.2) is 97.2 Å². The third-order valence-corrected chi connectivity index (χ3v) is 10.7. The van der Waals surface area contributed by atoms with E-state index in [-0.39, 0.29) is 0 Å². The van der Waals surface area contributed by atoms with Crippen LogP contribution in [0.5, 0.6) is 0 Å². The Kier molecular flexibility index (Phi) is 3.80. The molecule has 1 aliphatic rings. The summed E-state index contributed by atoms with van der Waals surface area (Å²) in [6.45, 7) is 2.11. The van der Waals surface area contributed by atoms with Gasteiger partial charge >= 0.3 is 0 Å². The van der Waals surface area contributed by atoms with Gasteiger partial charge in [0.15, 0.2) is 0 Å². The monoisotopic (exact) mass is 363 g/mol. The number of nitrogens with zero attached hydrogens (tertiary/aromatic N) is 1. The molecule has 1 aromatic heterocycles. The van der Waals surface area contributed by atoms with Crippen molar-refractivity contribution in [3.63, 3.8) is 0 Å². The normalized spacial score (nSPS) is 14.3. The molecule has 0 unspecified atom stereocenters. The summed E-state index contributed by atoms with van der Waals surface area (Å²) in [6, 6.07) is 33.6. The van der Waals surface area contributed by atoms with E-state index < -0.39 is 8.07 Å². The number of aryl methyl sites for hydroxylation is 1. The van der Waals surface area contributed by atoms with E-state index in [4.69, 9.17) is 0 Å². The Balaban J connectivity index is 1.98. The molecule has 0 bridgehead atoms. The second-order valence-corrected chi connectivity index (χ2v) is 11.0. The van der Waals surface area contributed by atoms with Crippen LogP contribution in [0, 0.1) is 6.92 Å². The quantitative estimate of drug-likeness (QED) is 0.440. The van der Waals surface area contributed by atoms with Crippen molar-refractivity contribution >= 4 is 28.8 Å². The third kappa shape index (κ3) is 2.41. The molecule has 2 heteroatoms. The van der Waals surface area contributed by atoms with Gasteiger partial charge in [0.25, 0.3) is 0 Å². The zero-order valence-corrected chi connectivity index (χ0v) is 16.4. The van der Waals surface area contributed by atoms with Gasteiger partial charge in [-0.2, -0.15) is 20.7 Å². The van der Waals surface area contributed by atoms with Gasteiger partial charge in [-0.1, -0.05) is 102 Å². The van der Waals surface area contributed by atoms with Crippen molar-refractivity contribution in [1.82, 2.24) is 4.98 Å². The summed E-state index contributed by atoms with van der Waals surface area (Å²) in [5, 5.41) is 5.89. The molecule has 0 radical (unpaired) electrons. The van der Waals surface area contributed by atoms with Crippen LogP contribution in [-0.4, -0.2) is 13.1 Å². The third-order valence-electron chi connectivity index (χ3n) is 5.74. The van der Waals surface area contributed by atoms with Gasteiger partial charge in [-0.25, -0.2) is 0 Å². The van der Waals surface area contributed by atoms with E-state index in [9.17, 15) is 0 Å². The number of hydrogen-bond acceptors (Lipinski definition) is 1. The van der Waals surface area contributed by atoms with Crippen molar-refractivity contribution in [3.8, 4) is 0 Å². The van der Waals surface area contributed by atoms with Crippen LogP contribution in [0.4, 0.5) is 0 Å². The Bertz CT molecular complexity index is 1060. The maximum atomic E-state index is 4.64. The lowest BCUT2D eigenvalue weighted by Crippen LogP contribution is -2.77. The molecule has 4 aromatic rings. The van der Waals surface area contributed by atoms with Gasteiger partial charge in [0.2, 0.25) is 0 Å². The number of benzene rings is 3. The topological polar surface area (TPSA) is 12.9 Å². The number of hydrogen-bond donors (Lipinski definition) is 0. The molecule has 0 spiro atoms. The first-order valence-corrected chi connectivity index (χ1v) is 11.5. The number of rotatable bonds is 2. The summed E-state index contributed by atoms with van der Waals surface area (Å²) in [6.07, 6.45) is 3.07. The van der Waals surface area contributed by atoms with Crippen LogP contribution in [0.3, 0.4) is 0 Å². The summed E-state index contributed by atoms with van der Waals surface area (Å²) in [5.74, 6) is 0. The number of pyridine rings is 1. The Labute approximate surface area is 161 Å².